The minimum atomic E-state index is -0.932. The maximum absolute atomic E-state index is 13.7. The lowest BCUT2D eigenvalue weighted by molar-refractivity contribution is -0.137. The highest BCUT2D eigenvalue weighted by Gasteiger charge is 2.35. The van der Waals surface area contributed by atoms with E-state index in [2.05, 4.69) is 9.80 Å². The highest BCUT2D eigenvalue weighted by atomic mass is 16.5. The third kappa shape index (κ3) is 5.69. The summed E-state index contributed by atoms with van der Waals surface area (Å²) in [5.41, 5.74) is 2.49. The molecule has 1 N–H and O–H groups in total. The van der Waals surface area contributed by atoms with Crippen LogP contribution in [-0.2, 0) is 14.3 Å². The fraction of sp³-hybridized carbons (Fsp3) is 0.464. The Morgan fingerprint density at radius 2 is 1.46 bits per heavy atom. The summed E-state index contributed by atoms with van der Waals surface area (Å²) in [5.74, 6) is -1.76. The molecule has 0 aromatic heterocycles. The van der Waals surface area contributed by atoms with Crippen molar-refractivity contribution < 1.29 is 24.2 Å². The number of para-hydroxylation sites is 1. The van der Waals surface area contributed by atoms with Crippen molar-refractivity contribution in [3.8, 4) is 0 Å². The molecule has 3 heterocycles. The summed E-state index contributed by atoms with van der Waals surface area (Å²) < 4.78 is 5.42. The van der Waals surface area contributed by atoms with E-state index in [-0.39, 0.29) is 24.8 Å². The van der Waals surface area contributed by atoms with E-state index in [9.17, 15) is 19.5 Å². The van der Waals surface area contributed by atoms with E-state index in [1.54, 1.807) is 12.1 Å². The van der Waals surface area contributed by atoms with Crippen molar-refractivity contribution in [2.75, 3.05) is 77.0 Å². The number of carbonyl (C=O) groups is 3. The van der Waals surface area contributed by atoms with E-state index < -0.39 is 11.9 Å². The second-order valence-corrected chi connectivity index (χ2v) is 9.86. The van der Waals surface area contributed by atoms with Crippen LogP contribution < -0.4 is 4.90 Å². The van der Waals surface area contributed by atoms with Gasteiger partial charge in [0, 0.05) is 69.5 Å². The number of piperazine rings is 1. The summed E-state index contributed by atoms with van der Waals surface area (Å²) in [7, 11) is 0. The molecule has 0 bridgehead atoms. The van der Waals surface area contributed by atoms with Crippen molar-refractivity contribution in [2.24, 2.45) is 0 Å². The molecule has 5 rings (SSSR count). The Balaban J connectivity index is 1.29. The van der Waals surface area contributed by atoms with Gasteiger partial charge in [-0.15, -0.1) is 0 Å². The zero-order chi connectivity index (χ0) is 25.8. The average Bonchev–Trinajstić information content (AvgIpc) is 3.02. The van der Waals surface area contributed by atoms with Crippen molar-refractivity contribution in [3.05, 3.63) is 65.2 Å². The number of nitrogens with zero attached hydrogens (tertiary/aromatic N) is 4. The summed E-state index contributed by atoms with van der Waals surface area (Å²) in [6.45, 7) is 8.32. The molecule has 37 heavy (non-hydrogen) atoms. The predicted octanol–water partition coefficient (Wildman–Crippen LogP) is 1.73. The molecule has 2 saturated heterocycles. The molecule has 0 radical (unpaired) electrons. The highest BCUT2D eigenvalue weighted by molar-refractivity contribution is 6.11. The van der Waals surface area contributed by atoms with Gasteiger partial charge in [-0.1, -0.05) is 36.4 Å². The smallest absolute Gasteiger partial charge is 0.304 e. The van der Waals surface area contributed by atoms with Crippen LogP contribution in [0.25, 0.3) is 0 Å². The number of amides is 2. The molecule has 2 aromatic rings. The summed E-state index contributed by atoms with van der Waals surface area (Å²) in [6.07, 6.45) is -0.129. The molecule has 3 aliphatic heterocycles. The average molecular weight is 507 g/mol. The fourth-order valence-corrected chi connectivity index (χ4v) is 5.56. The number of rotatable bonds is 7. The number of morpholine rings is 1. The van der Waals surface area contributed by atoms with Gasteiger partial charge >= 0.3 is 5.97 Å². The molecule has 0 saturated carbocycles. The Hall–Kier alpha value is -3.27. The van der Waals surface area contributed by atoms with Crippen LogP contribution in [0, 0.1) is 0 Å². The topological polar surface area (TPSA) is 93.6 Å². The van der Waals surface area contributed by atoms with E-state index in [0.717, 1.165) is 58.0 Å². The van der Waals surface area contributed by atoms with Crippen molar-refractivity contribution in [1.29, 1.82) is 0 Å². The number of fused-ring (bicyclic) bond motifs is 2. The molecular weight excluding hydrogens is 472 g/mol. The number of anilines is 1. The molecule has 3 aliphatic rings. The summed E-state index contributed by atoms with van der Waals surface area (Å²) in [5, 5.41) is 9.62. The van der Waals surface area contributed by atoms with Crippen molar-refractivity contribution in [1.82, 2.24) is 14.7 Å². The van der Waals surface area contributed by atoms with Gasteiger partial charge in [-0.2, -0.15) is 0 Å². The lowest BCUT2D eigenvalue weighted by Crippen LogP contribution is -2.53. The summed E-state index contributed by atoms with van der Waals surface area (Å²) >= 11 is 0. The third-order valence-electron chi connectivity index (χ3n) is 7.65. The first kappa shape index (κ1) is 25.4. The molecular formula is C28H34N4O5. The maximum Gasteiger partial charge on any atom is 0.304 e. The largest absolute Gasteiger partial charge is 0.481 e. The normalized spacial score (nSPS) is 20.8. The molecule has 9 nitrogen and oxygen atoms in total. The van der Waals surface area contributed by atoms with Crippen LogP contribution in [0.3, 0.4) is 0 Å². The SMILES string of the molecule is O=C(O)CC1c2ccccc2C(=O)N(CC(=O)N2CCN(CCN3CCOCC3)CC2)c2ccccc21. The molecule has 1 unspecified atom stereocenters. The van der Waals surface area contributed by atoms with Crippen LogP contribution >= 0.6 is 0 Å². The van der Waals surface area contributed by atoms with E-state index in [4.69, 9.17) is 4.74 Å². The Kier molecular flexibility index (Phi) is 7.83. The molecule has 9 heteroatoms. The van der Waals surface area contributed by atoms with Gasteiger partial charge in [-0.05, 0) is 23.3 Å². The number of benzene rings is 2. The zero-order valence-electron chi connectivity index (χ0n) is 21.1. The van der Waals surface area contributed by atoms with Crippen LogP contribution in [0.4, 0.5) is 5.69 Å². The lowest BCUT2D eigenvalue weighted by Gasteiger charge is -2.37. The molecule has 0 spiro atoms. The Morgan fingerprint density at radius 3 is 2.16 bits per heavy atom. The summed E-state index contributed by atoms with van der Waals surface area (Å²) in [6, 6.07) is 14.5. The van der Waals surface area contributed by atoms with Gasteiger partial charge in [0.15, 0.2) is 0 Å². The standard InChI is InChI=1S/C28H34N4O5/c33-26(31-13-11-29(12-14-31)9-10-30-15-17-37-18-16-30)20-32-25-8-4-3-6-22(25)24(19-27(34)35)21-5-1-2-7-23(21)28(32)36/h1-8,24H,9-20H2,(H,34,35). The summed E-state index contributed by atoms with van der Waals surface area (Å²) in [4.78, 5) is 47.0. The number of hydrogen-bond donors (Lipinski definition) is 1. The first-order valence-corrected chi connectivity index (χ1v) is 13.0. The Bertz CT molecular complexity index is 1140. The first-order chi connectivity index (χ1) is 18.0. The maximum atomic E-state index is 13.7. The van der Waals surface area contributed by atoms with Gasteiger partial charge in [-0.25, -0.2) is 0 Å². The number of carboxylic acids is 1. The van der Waals surface area contributed by atoms with Gasteiger partial charge in [0.25, 0.3) is 5.91 Å². The van der Waals surface area contributed by atoms with E-state index in [1.165, 1.54) is 4.90 Å². The van der Waals surface area contributed by atoms with Crippen molar-refractivity contribution in [2.45, 2.75) is 12.3 Å². The minimum absolute atomic E-state index is 0.0717. The van der Waals surface area contributed by atoms with Gasteiger partial charge in [0.2, 0.25) is 5.91 Å². The zero-order valence-corrected chi connectivity index (χ0v) is 21.1. The van der Waals surface area contributed by atoms with Crippen LogP contribution in [0.5, 0.6) is 0 Å². The van der Waals surface area contributed by atoms with Crippen LogP contribution in [0.2, 0.25) is 0 Å². The molecule has 196 valence electrons. The number of aliphatic carboxylic acids is 1. The van der Waals surface area contributed by atoms with Crippen molar-refractivity contribution in [3.63, 3.8) is 0 Å². The second-order valence-electron chi connectivity index (χ2n) is 9.86. The number of hydrogen-bond acceptors (Lipinski definition) is 6. The van der Waals surface area contributed by atoms with E-state index in [1.807, 2.05) is 41.3 Å². The monoisotopic (exact) mass is 506 g/mol. The minimum Gasteiger partial charge on any atom is -0.481 e. The number of ether oxygens (including phenoxy) is 1. The van der Waals surface area contributed by atoms with Gasteiger partial charge in [0.05, 0.1) is 19.6 Å². The van der Waals surface area contributed by atoms with Crippen LogP contribution in [0.15, 0.2) is 48.5 Å². The molecule has 2 amide bonds. The van der Waals surface area contributed by atoms with E-state index >= 15 is 0 Å². The Labute approximate surface area is 217 Å². The molecule has 2 aromatic carbocycles. The second kappa shape index (κ2) is 11.4. The quantitative estimate of drug-likeness (QED) is 0.611. The van der Waals surface area contributed by atoms with E-state index in [0.29, 0.717) is 29.9 Å². The van der Waals surface area contributed by atoms with Gasteiger partial charge < -0.3 is 14.7 Å². The number of carbonyl (C=O) groups excluding carboxylic acids is 2. The fourth-order valence-electron chi connectivity index (χ4n) is 5.56. The number of carboxylic acid groups (broad SMARTS) is 1. The van der Waals surface area contributed by atoms with Crippen LogP contribution in [-0.4, -0.2) is 110 Å². The van der Waals surface area contributed by atoms with Gasteiger partial charge in [-0.3, -0.25) is 29.1 Å². The van der Waals surface area contributed by atoms with Crippen molar-refractivity contribution >= 4 is 23.5 Å². The lowest BCUT2D eigenvalue weighted by atomic mass is 9.86. The molecule has 0 aliphatic carbocycles. The highest BCUT2D eigenvalue weighted by Crippen LogP contribution is 2.40. The van der Waals surface area contributed by atoms with Gasteiger partial charge in [0.1, 0.15) is 6.54 Å². The molecule has 1 atom stereocenters. The van der Waals surface area contributed by atoms with Crippen LogP contribution in [0.1, 0.15) is 33.8 Å². The predicted molar refractivity (Wildman–Crippen MR) is 139 cm³/mol. The first-order valence-electron chi connectivity index (χ1n) is 13.0. The third-order valence-corrected chi connectivity index (χ3v) is 7.65. The molecule has 2 fully saturated rings. The Morgan fingerprint density at radius 1 is 0.838 bits per heavy atom.